The van der Waals surface area contributed by atoms with Crippen LogP contribution in [0.25, 0.3) is 0 Å². The van der Waals surface area contributed by atoms with Crippen LogP contribution in [-0.2, 0) is 0 Å². The van der Waals surface area contributed by atoms with Crippen molar-refractivity contribution in [3.63, 3.8) is 0 Å². The summed E-state index contributed by atoms with van der Waals surface area (Å²) in [5.74, 6) is 2.53. The fourth-order valence-electron chi connectivity index (χ4n) is 3.39. The number of hydrogen-bond donors (Lipinski definition) is 4. The van der Waals surface area contributed by atoms with Gasteiger partial charge in [0, 0.05) is 29.7 Å². The molecule has 1 aliphatic heterocycles. The van der Waals surface area contributed by atoms with Crippen LogP contribution in [0.5, 0.6) is 11.5 Å². The van der Waals surface area contributed by atoms with Gasteiger partial charge in [-0.3, -0.25) is 4.72 Å². The van der Waals surface area contributed by atoms with Gasteiger partial charge in [0.25, 0.3) is 0 Å². The molecule has 2 aliphatic rings. The van der Waals surface area contributed by atoms with Gasteiger partial charge in [0.05, 0.1) is 5.69 Å². The SMILES string of the molecule is CCNc1cc(Oc2ccc3c(c2)[SH](NC2CCCCC2)N3)ccn1. The number of hydrogen-bond acceptors (Lipinski definition) is 5. The molecule has 2 heterocycles. The standard InChI is InChI=1S/C19H26N4OS/c1-2-20-19-13-16(10-11-21-19)24-15-8-9-17-18(12-15)25(23-17)22-14-6-4-3-5-7-14/h8-14,22-23,25H,2-7H2,1H3,(H,20,21). The number of pyridine rings is 1. The highest BCUT2D eigenvalue weighted by atomic mass is 32.2. The van der Waals surface area contributed by atoms with Crippen LogP contribution in [-0.4, -0.2) is 17.6 Å². The van der Waals surface area contributed by atoms with Gasteiger partial charge in [0.15, 0.2) is 0 Å². The Morgan fingerprint density at radius 1 is 1.16 bits per heavy atom. The van der Waals surface area contributed by atoms with Gasteiger partial charge in [-0.15, -0.1) is 0 Å². The van der Waals surface area contributed by atoms with Crippen molar-refractivity contribution in [2.75, 3.05) is 16.6 Å². The molecular formula is C19H26N4OS. The maximum Gasteiger partial charge on any atom is 0.132 e. The number of fused-ring (bicyclic) bond motifs is 1. The Morgan fingerprint density at radius 2 is 2.00 bits per heavy atom. The van der Waals surface area contributed by atoms with Gasteiger partial charge in [-0.1, -0.05) is 30.5 Å². The predicted octanol–water partition coefficient (Wildman–Crippen LogP) is 4.84. The fourth-order valence-corrected chi connectivity index (χ4v) is 5.23. The third-order valence-electron chi connectivity index (χ3n) is 4.68. The smallest absolute Gasteiger partial charge is 0.132 e. The van der Waals surface area contributed by atoms with Gasteiger partial charge in [-0.25, -0.2) is 4.98 Å². The normalized spacial score (nSPS) is 20.9. The van der Waals surface area contributed by atoms with Crippen molar-refractivity contribution in [3.05, 3.63) is 36.5 Å². The lowest BCUT2D eigenvalue weighted by Gasteiger charge is -2.40. The van der Waals surface area contributed by atoms with Gasteiger partial charge in [-0.2, -0.15) is 0 Å². The van der Waals surface area contributed by atoms with Crippen molar-refractivity contribution in [1.82, 2.24) is 9.71 Å². The molecule has 1 saturated carbocycles. The zero-order valence-electron chi connectivity index (χ0n) is 14.6. The highest BCUT2D eigenvalue weighted by Crippen LogP contribution is 2.51. The molecule has 0 saturated heterocycles. The number of benzene rings is 1. The van der Waals surface area contributed by atoms with E-state index in [0.29, 0.717) is 6.04 Å². The highest BCUT2D eigenvalue weighted by Gasteiger charge is 2.25. The van der Waals surface area contributed by atoms with Gasteiger partial charge in [0.1, 0.15) is 17.3 Å². The summed E-state index contributed by atoms with van der Waals surface area (Å²) in [6.45, 7) is 2.90. The molecule has 1 fully saturated rings. The second-order valence-corrected chi connectivity index (χ2v) is 8.23. The molecule has 3 N–H and O–H groups in total. The third-order valence-corrected chi connectivity index (χ3v) is 6.62. The molecule has 2 aromatic rings. The van der Waals surface area contributed by atoms with Crippen LogP contribution in [0.15, 0.2) is 41.4 Å². The average Bonchev–Trinajstić information content (AvgIpc) is 2.63. The zero-order valence-corrected chi connectivity index (χ0v) is 15.5. The van der Waals surface area contributed by atoms with Crippen molar-refractivity contribution in [2.45, 2.75) is 50.0 Å². The third kappa shape index (κ3) is 3.85. The zero-order chi connectivity index (χ0) is 17.1. The minimum Gasteiger partial charge on any atom is -0.457 e. The van der Waals surface area contributed by atoms with Crippen LogP contribution in [0.1, 0.15) is 39.0 Å². The summed E-state index contributed by atoms with van der Waals surface area (Å²) in [5, 5.41) is 3.21. The number of nitrogens with zero attached hydrogens (tertiary/aromatic N) is 1. The van der Waals surface area contributed by atoms with E-state index in [1.807, 2.05) is 18.2 Å². The van der Waals surface area contributed by atoms with Crippen molar-refractivity contribution < 1.29 is 4.74 Å². The largest absolute Gasteiger partial charge is 0.457 e. The minimum atomic E-state index is -0.444. The Balaban J connectivity index is 1.43. The highest BCUT2D eigenvalue weighted by molar-refractivity contribution is 8.18. The van der Waals surface area contributed by atoms with E-state index in [1.165, 1.54) is 42.7 Å². The average molecular weight is 359 g/mol. The first-order valence-electron chi connectivity index (χ1n) is 9.16. The molecule has 134 valence electrons. The molecule has 1 aromatic heterocycles. The summed E-state index contributed by atoms with van der Waals surface area (Å²) in [6, 6.07) is 10.8. The topological polar surface area (TPSA) is 58.2 Å². The molecule has 25 heavy (non-hydrogen) atoms. The van der Waals surface area contributed by atoms with Crippen LogP contribution >= 0.6 is 11.3 Å². The molecule has 4 rings (SSSR count). The molecule has 1 atom stereocenters. The first-order valence-corrected chi connectivity index (χ1v) is 10.5. The van der Waals surface area contributed by atoms with Gasteiger partial charge < -0.3 is 14.8 Å². The van der Waals surface area contributed by atoms with Crippen molar-refractivity contribution >= 4 is 22.8 Å². The van der Waals surface area contributed by atoms with E-state index in [-0.39, 0.29) is 0 Å². The van der Waals surface area contributed by atoms with Gasteiger partial charge in [-0.05, 0) is 44.0 Å². The van der Waals surface area contributed by atoms with Crippen LogP contribution in [0.2, 0.25) is 0 Å². The molecule has 1 aliphatic carbocycles. The predicted molar refractivity (Wildman–Crippen MR) is 106 cm³/mol. The second kappa shape index (κ2) is 7.54. The Hall–Kier alpha value is -1.92. The van der Waals surface area contributed by atoms with E-state index in [1.54, 1.807) is 6.20 Å². The van der Waals surface area contributed by atoms with Crippen LogP contribution in [0.4, 0.5) is 11.5 Å². The summed E-state index contributed by atoms with van der Waals surface area (Å²) < 4.78 is 13.4. The summed E-state index contributed by atoms with van der Waals surface area (Å²) >= 11 is -0.444. The minimum absolute atomic E-state index is 0.444. The molecule has 6 heteroatoms. The van der Waals surface area contributed by atoms with E-state index in [4.69, 9.17) is 4.74 Å². The molecule has 0 amide bonds. The molecule has 0 radical (unpaired) electrons. The summed E-state index contributed by atoms with van der Waals surface area (Å²) in [7, 11) is 0. The summed E-state index contributed by atoms with van der Waals surface area (Å²) in [6.07, 6.45) is 8.47. The summed E-state index contributed by atoms with van der Waals surface area (Å²) in [5.41, 5.74) is 1.23. The number of anilines is 2. The monoisotopic (exact) mass is 358 g/mol. The van der Waals surface area contributed by atoms with Crippen LogP contribution < -0.4 is 19.5 Å². The van der Waals surface area contributed by atoms with E-state index >= 15 is 0 Å². The Kier molecular flexibility index (Phi) is 4.99. The Bertz CT molecular complexity index is 733. The molecule has 1 aromatic carbocycles. The Labute approximate surface area is 152 Å². The van der Waals surface area contributed by atoms with Crippen LogP contribution in [0, 0.1) is 0 Å². The number of rotatable bonds is 6. The first-order chi connectivity index (χ1) is 12.3. The van der Waals surface area contributed by atoms with E-state index in [0.717, 1.165) is 23.9 Å². The summed E-state index contributed by atoms with van der Waals surface area (Å²) in [4.78, 5) is 5.64. The lowest BCUT2D eigenvalue weighted by Crippen LogP contribution is -2.33. The molecular weight excluding hydrogens is 332 g/mol. The number of thiol groups is 1. The van der Waals surface area contributed by atoms with Crippen LogP contribution in [0.3, 0.4) is 0 Å². The number of nitrogens with one attached hydrogen (secondary N) is 3. The maximum atomic E-state index is 6.05. The van der Waals surface area contributed by atoms with E-state index in [9.17, 15) is 0 Å². The number of aromatic nitrogens is 1. The first kappa shape index (κ1) is 16.5. The molecule has 5 nitrogen and oxygen atoms in total. The van der Waals surface area contributed by atoms with Gasteiger partial charge >= 0.3 is 0 Å². The van der Waals surface area contributed by atoms with Crippen molar-refractivity contribution in [1.29, 1.82) is 0 Å². The molecule has 1 unspecified atom stereocenters. The lowest BCUT2D eigenvalue weighted by molar-refractivity contribution is 0.422. The number of ether oxygens (including phenoxy) is 1. The van der Waals surface area contributed by atoms with Crippen molar-refractivity contribution in [2.24, 2.45) is 0 Å². The molecule has 0 bridgehead atoms. The second-order valence-electron chi connectivity index (χ2n) is 6.60. The van der Waals surface area contributed by atoms with E-state index < -0.39 is 11.3 Å². The maximum absolute atomic E-state index is 6.05. The quantitative estimate of drug-likeness (QED) is 0.557. The van der Waals surface area contributed by atoms with Crippen molar-refractivity contribution in [3.8, 4) is 11.5 Å². The molecule has 0 spiro atoms. The fraction of sp³-hybridized carbons (Fsp3) is 0.421. The van der Waals surface area contributed by atoms with Gasteiger partial charge in [0.2, 0.25) is 0 Å². The lowest BCUT2D eigenvalue weighted by atomic mass is 9.96. The van der Waals surface area contributed by atoms with E-state index in [2.05, 4.69) is 38.8 Å². The Morgan fingerprint density at radius 3 is 2.84 bits per heavy atom.